The molecule has 1 nitrogen and oxygen atoms in total. The van der Waals surface area contributed by atoms with Crippen LogP contribution in [0.5, 0.6) is 0 Å². The van der Waals surface area contributed by atoms with Gasteiger partial charge in [-0.1, -0.05) is 24.3 Å². The summed E-state index contributed by atoms with van der Waals surface area (Å²) in [6, 6.07) is 9.53. The first-order valence-corrected chi connectivity index (χ1v) is 3.83. The van der Waals surface area contributed by atoms with Gasteiger partial charge in [-0.3, -0.25) is 0 Å². The third kappa shape index (κ3) is 2.25. The third-order valence-electron chi connectivity index (χ3n) is 1.52. The van der Waals surface area contributed by atoms with Gasteiger partial charge in [-0.05, 0) is 31.0 Å². The van der Waals surface area contributed by atoms with Crippen molar-refractivity contribution in [3.8, 4) is 6.07 Å². The van der Waals surface area contributed by atoms with Crippen LogP contribution in [0.3, 0.4) is 0 Å². The summed E-state index contributed by atoms with van der Waals surface area (Å²) in [5, 5.41) is 8.53. The Morgan fingerprint density at radius 1 is 1.33 bits per heavy atom. The van der Waals surface area contributed by atoms with Gasteiger partial charge in [0.25, 0.3) is 0 Å². The highest BCUT2D eigenvalue weighted by atomic mass is 14.2. The summed E-state index contributed by atoms with van der Waals surface area (Å²) in [6.45, 7) is 3.70. The fraction of sp³-hybridized carbons (Fsp3) is 0.0909. The van der Waals surface area contributed by atoms with E-state index in [4.69, 9.17) is 5.26 Å². The minimum Gasteiger partial charge on any atom is -0.192 e. The van der Waals surface area contributed by atoms with Gasteiger partial charge < -0.3 is 0 Å². The first kappa shape index (κ1) is 8.55. The van der Waals surface area contributed by atoms with Crippen LogP contribution >= 0.6 is 0 Å². The van der Waals surface area contributed by atoms with Crippen LogP contribution in [0.25, 0.3) is 6.08 Å². The molecular formula is C11H10N. The molecule has 0 fully saturated rings. The van der Waals surface area contributed by atoms with Crippen LogP contribution in [0.1, 0.15) is 17.5 Å². The summed E-state index contributed by atoms with van der Waals surface area (Å²) in [4.78, 5) is 0. The molecule has 0 unspecified atom stereocenters. The van der Waals surface area contributed by atoms with Crippen LogP contribution in [0.2, 0.25) is 0 Å². The standard InChI is InChI=1S/C11H10N/c1-2-3-4-10-5-7-11(9-12)8-6-10/h3-8H,1-2H2. The Morgan fingerprint density at radius 2 is 2.00 bits per heavy atom. The highest BCUT2D eigenvalue weighted by Crippen LogP contribution is 2.05. The van der Waals surface area contributed by atoms with E-state index in [1.165, 1.54) is 0 Å². The summed E-state index contributed by atoms with van der Waals surface area (Å²) in [5.74, 6) is 0. The topological polar surface area (TPSA) is 23.8 Å². The number of allylic oxidation sites excluding steroid dienone is 1. The molecule has 1 heteroatoms. The average molecular weight is 156 g/mol. The van der Waals surface area contributed by atoms with Crippen LogP contribution in [-0.4, -0.2) is 0 Å². The van der Waals surface area contributed by atoms with E-state index < -0.39 is 0 Å². The maximum atomic E-state index is 8.53. The van der Waals surface area contributed by atoms with Gasteiger partial charge in [-0.2, -0.15) is 5.26 Å². The Kier molecular flexibility index (Phi) is 3.10. The van der Waals surface area contributed by atoms with Crippen LogP contribution in [0.15, 0.2) is 30.3 Å². The van der Waals surface area contributed by atoms with E-state index in [0.717, 1.165) is 12.0 Å². The fourth-order valence-electron chi connectivity index (χ4n) is 0.888. The molecule has 0 heterocycles. The molecule has 0 bridgehead atoms. The van der Waals surface area contributed by atoms with Gasteiger partial charge in [0.1, 0.15) is 0 Å². The summed E-state index contributed by atoms with van der Waals surface area (Å²) >= 11 is 0. The quantitative estimate of drug-likeness (QED) is 0.645. The number of rotatable bonds is 2. The van der Waals surface area contributed by atoms with E-state index in [2.05, 4.69) is 13.0 Å². The molecule has 1 radical (unpaired) electrons. The van der Waals surface area contributed by atoms with Crippen LogP contribution < -0.4 is 0 Å². The minimum atomic E-state index is 0.696. The summed E-state index contributed by atoms with van der Waals surface area (Å²) in [7, 11) is 0. The first-order chi connectivity index (χ1) is 5.86. The normalized spacial score (nSPS) is 10.0. The van der Waals surface area contributed by atoms with Crippen molar-refractivity contribution in [1.82, 2.24) is 0 Å². The molecule has 0 aliphatic heterocycles. The number of nitrogens with zero attached hydrogens (tertiary/aromatic N) is 1. The van der Waals surface area contributed by atoms with Gasteiger partial charge in [0, 0.05) is 0 Å². The third-order valence-corrected chi connectivity index (χ3v) is 1.52. The van der Waals surface area contributed by atoms with E-state index >= 15 is 0 Å². The lowest BCUT2D eigenvalue weighted by atomic mass is 10.1. The molecule has 1 aromatic rings. The average Bonchev–Trinajstić information content (AvgIpc) is 2.15. The lowest BCUT2D eigenvalue weighted by Crippen LogP contribution is -1.74. The number of nitriles is 1. The molecule has 0 saturated heterocycles. The molecule has 0 aromatic heterocycles. The zero-order chi connectivity index (χ0) is 8.81. The molecule has 1 rings (SSSR count). The van der Waals surface area contributed by atoms with Gasteiger partial charge >= 0.3 is 0 Å². The maximum absolute atomic E-state index is 8.53. The second kappa shape index (κ2) is 4.35. The highest BCUT2D eigenvalue weighted by molar-refractivity contribution is 5.50. The van der Waals surface area contributed by atoms with E-state index in [9.17, 15) is 0 Å². The monoisotopic (exact) mass is 156 g/mol. The van der Waals surface area contributed by atoms with Gasteiger partial charge in [0.2, 0.25) is 0 Å². The molecule has 0 N–H and O–H groups in total. The molecular weight excluding hydrogens is 146 g/mol. The minimum absolute atomic E-state index is 0.696. The molecule has 0 aliphatic rings. The second-order valence-corrected chi connectivity index (χ2v) is 2.42. The fourth-order valence-corrected chi connectivity index (χ4v) is 0.888. The largest absolute Gasteiger partial charge is 0.192 e. The zero-order valence-electron chi connectivity index (χ0n) is 6.83. The molecule has 0 aliphatic carbocycles. The maximum Gasteiger partial charge on any atom is 0.0991 e. The summed E-state index contributed by atoms with van der Waals surface area (Å²) < 4.78 is 0. The van der Waals surface area contributed by atoms with Gasteiger partial charge in [-0.15, -0.1) is 0 Å². The van der Waals surface area contributed by atoms with E-state index in [-0.39, 0.29) is 0 Å². The SMILES string of the molecule is [CH2]CC=Cc1ccc(C#N)cc1. The van der Waals surface area contributed by atoms with Gasteiger partial charge in [0.05, 0.1) is 11.6 Å². The van der Waals surface area contributed by atoms with Crippen molar-refractivity contribution in [2.24, 2.45) is 0 Å². The van der Waals surface area contributed by atoms with E-state index in [1.807, 2.05) is 36.4 Å². The Bertz CT molecular complexity index is 301. The molecule has 59 valence electrons. The summed E-state index contributed by atoms with van der Waals surface area (Å²) in [5.41, 5.74) is 1.81. The second-order valence-electron chi connectivity index (χ2n) is 2.42. The first-order valence-electron chi connectivity index (χ1n) is 3.83. The zero-order valence-corrected chi connectivity index (χ0v) is 6.83. The Hall–Kier alpha value is -1.55. The molecule has 0 atom stereocenters. The van der Waals surface area contributed by atoms with Crippen molar-refractivity contribution in [2.75, 3.05) is 0 Å². The van der Waals surface area contributed by atoms with Crippen molar-refractivity contribution in [2.45, 2.75) is 6.42 Å². The van der Waals surface area contributed by atoms with E-state index in [0.29, 0.717) is 5.56 Å². The van der Waals surface area contributed by atoms with Gasteiger partial charge in [-0.25, -0.2) is 0 Å². The molecule has 0 spiro atoms. The predicted octanol–water partition coefficient (Wildman–Crippen LogP) is 2.80. The Morgan fingerprint density at radius 3 is 2.50 bits per heavy atom. The molecule has 12 heavy (non-hydrogen) atoms. The van der Waals surface area contributed by atoms with Crippen LogP contribution in [-0.2, 0) is 0 Å². The van der Waals surface area contributed by atoms with Crippen molar-refractivity contribution < 1.29 is 0 Å². The number of hydrogen-bond donors (Lipinski definition) is 0. The Labute approximate surface area is 73.0 Å². The number of benzene rings is 1. The highest BCUT2D eigenvalue weighted by Gasteiger charge is 1.87. The van der Waals surface area contributed by atoms with Gasteiger partial charge in [0.15, 0.2) is 0 Å². The molecule has 1 aromatic carbocycles. The van der Waals surface area contributed by atoms with Crippen molar-refractivity contribution in [3.63, 3.8) is 0 Å². The lowest BCUT2D eigenvalue weighted by Gasteiger charge is -1.91. The lowest BCUT2D eigenvalue weighted by molar-refractivity contribution is 1.41. The van der Waals surface area contributed by atoms with E-state index in [1.54, 1.807) is 0 Å². The molecule has 0 saturated carbocycles. The Balaban J connectivity index is 2.80. The number of hydrogen-bond acceptors (Lipinski definition) is 1. The predicted molar refractivity (Wildman–Crippen MR) is 50.2 cm³/mol. The van der Waals surface area contributed by atoms with Crippen molar-refractivity contribution in [3.05, 3.63) is 48.4 Å². The molecule has 0 amide bonds. The summed E-state index contributed by atoms with van der Waals surface area (Å²) in [6.07, 6.45) is 4.77. The smallest absolute Gasteiger partial charge is 0.0991 e. The van der Waals surface area contributed by atoms with Crippen LogP contribution in [0.4, 0.5) is 0 Å². The van der Waals surface area contributed by atoms with Crippen molar-refractivity contribution in [1.29, 1.82) is 5.26 Å². The van der Waals surface area contributed by atoms with Crippen molar-refractivity contribution >= 4 is 6.08 Å². The van der Waals surface area contributed by atoms with Crippen LogP contribution in [0, 0.1) is 18.3 Å².